The second-order valence-corrected chi connectivity index (χ2v) is 5.21. The summed E-state index contributed by atoms with van der Waals surface area (Å²) in [7, 11) is 3.56. The lowest BCUT2D eigenvalue weighted by molar-refractivity contribution is -0.141. The topological polar surface area (TPSA) is 32.8 Å². The van der Waals surface area contributed by atoms with Crippen molar-refractivity contribution < 1.29 is 9.53 Å². The molecule has 19 heavy (non-hydrogen) atoms. The number of hydrogen-bond donors (Lipinski definition) is 0. The first-order chi connectivity index (χ1) is 9.11. The maximum atomic E-state index is 11.6. The van der Waals surface area contributed by atoms with Crippen molar-refractivity contribution in [1.29, 1.82) is 0 Å². The summed E-state index contributed by atoms with van der Waals surface area (Å²) in [6.45, 7) is 4.03. The summed E-state index contributed by atoms with van der Waals surface area (Å²) in [6, 6.07) is 10.9. The van der Waals surface area contributed by atoms with E-state index < -0.39 is 0 Å². The van der Waals surface area contributed by atoms with Crippen molar-refractivity contribution in [2.45, 2.75) is 25.4 Å². The minimum absolute atomic E-state index is 0.145. The molecule has 1 saturated heterocycles. The van der Waals surface area contributed by atoms with Gasteiger partial charge in [0.15, 0.2) is 0 Å². The molecule has 0 radical (unpaired) electrons. The summed E-state index contributed by atoms with van der Waals surface area (Å²) < 4.78 is 4.82. The van der Waals surface area contributed by atoms with Gasteiger partial charge in [0.05, 0.1) is 19.6 Å². The molecule has 2 unspecified atom stereocenters. The fraction of sp³-hybridized carbons (Fsp3) is 0.533. The molecule has 0 aromatic heterocycles. The van der Waals surface area contributed by atoms with Gasteiger partial charge in [0.2, 0.25) is 0 Å². The first-order valence-electron chi connectivity index (χ1n) is 6.70. The van der Waals surface area contributed by atoms with Crippen LogP contribution in [0.25, 0.3) is 0 Å². The number of benzene rings is 1. The molecule has 2 rings (SSSR count). The van der Waals surface area contributed by atoms with E-state index in [0.717, 1.165) is 13.1 Å². The Balaban J connectivity index is 2.18. The number of carbonyl (C=O) groups is 1. The summed E-state index contributed by atoms with van der Waals surface area (Å²) in [4.78, 5) is 16.2. The number of para-hydroxylation sites is 1. The molecule has 1 fully saturated rings. The van der Waals surface area contributed by atoms with Gasteiger partial charge >= 0.3 is 5.97 Å². The van der Waals surface area contributed by atoms with E-state index in [4.69, 9.17) is 4.74 Å². The maximum absolute atomic E-state index is 11.6. The summed E-state index contributed by atoms with van der Waals surface area (Å²) in [5.41, 5.74) is 1.18. The van der Waals surface area contributed by atoms with Gasteiger partial charge in [-0.25, -0.2) is 0 Å². The van der Waals surface area contributed by atoms with E-state index in [0.29, 0.717) is 12.5 Å². The zero-order valence-electron chi connectivity index (χ0n) is 11.9. The number of anilines is 1. The van der Waals surface area contributed by atoms with Crippen LogP contribution in [0, 0.1) is 0 Å². The molecule has 1 aliphatic heterocycles. The molecule has 0 saturated carbocycles. The number of methoxy groups -OCH3 is 1. The van der Waals surface area contributed by atoms with E-state index in [1.807, 2.05) is 18.2 Å². The van der Waals surface area contributed by atoms with Crippen LogP contribution in [-0.2, 0) is 9.53 Å². The van der Waals surface area contributed by atoms with E-state index in [1.165, 1.54) is 12.8 Å². The number of nitrogens with zero attached hydrogens (tertiary/aromatic N) is 2. The molecule has 0 N–H and O–H groups in total. The average Bonchev–Trinajstić information content (AvgIpc) is 2.43. The van der Waals surface area contributed by atoms with Crippen molar-refractivity contribution >= 4 is 11.7 Å². The lowest BCUT2D eigenvalue weighted by Gasteiger charge is -2.44. The predicted molar refractivity (Wildman–Crippen MR) is 76.3 cm³/mol. The molecule has 0 aliphatic carbocycles. The summed E-state index contributed by atoms with van der Waals surface area (Å²) >= 11 is 0. The molecule has 0 bridgehead atoms. The number of hydrogen-bond acceptors (Lipinski definition) is 4. The number of rotatable bonds is 3. The Morgan fingerprint density at radius 1 is 1.32 bits per heavy atom. The van der Waals surface area contributed by atoms with Crippen molar-refractivity contribution in [3.05, 3.63) is 30.3 Å². The van der Waals surface area contributed by atoms with Crippen molar-refractivity contribution in [1.82, 2.24) is 4.90 Å². The second kappa shape index (κ2) is 6.06. The number of piperazine rings is 1. The molecule has 4 heteroatoms. The lowest BCUT2D eigenvalue weighted by Crippen LogP contribution is -2.56. The van der Waals surface area contributed by atoms with Gasteiger partial charge in [-0.1, -0.05) is 18.2 Å². The van der Waals surface area contributed by atoms with Crippen molar-refractivity contribution in [3.8, 4) is 0 Å². The van der Waals surface area contributed by atoms with Crippen LogP contribution in [0.4, 0.5) is 5.69 Å². The summed E-state index contributed by atoms with van der Waals surface area (Å²) in [5, 5.41) is 0. The van der Waals surface area contributed by atoms with E-state index >= 15 is 0 Å². The third-order valence-corrected chi connectivity index (χ3v) is 3.87. The van der Waals surface area contributed by atoms with Gasteiger partial charge in [-0.05, 0) is 26.1 Å². The van der Waals surface area contributed by atoms with E-state index in [-0.39, 0.29) is 12.0 Å². The second-order valence-electron chi connectivity index (χ2n) is 5.21. The van der Waals surface area contributed by atoms with Crippen LogP contribution in [0.15, 0.2) is 30.3 Å². The number of esters is 1. The number of likely N-dealkylation sites (N-methyl/N-ethyl adjacent to an activating group) is 1. The maximum Gasteiger partial charge on any atom is 0.307 e. The highest BCUT2D eigenvalue weighted by Gasteiger charge is 2.31. The SMILES string of the molecule is COC(=O)CC1CN(C)C(C)CN1c1ccccc1. The van der Waals surface area contributed by atoms with Crippen molar-refractivity contribution in [2.75, 3.05) is 32.1 Å². The third-order valence-electron chi connectivity index (χ3n) is 3.87. The van der Waals surface area contributed by atoms with Crippen LogP contribution in [0.5, 0.6) is 0 Å². The standard InChI is InChI=1S/C15H22N2O2/c1-12-10-17(13-7-5-4-6-8-13)14(11-16(12)2)9-15(18)19-3/h4-8,12,14H,9-11H2,1-3H3. The van der Waals surface area contributed by atoms with Crippen LogP contribution < -0.4 is 4.90 Å². The van der Waals surface area contributed by atoms with E-state index in [1.54, 1.807) is 0 Å². The Labute approximate surface area is 115 Å². The Bertz CT molecular complexity index is 421. The Morgan fingerprint density at radius 3 is 2.63 bits per heavy atom. The van der Waals surface area contributed by atoms with Crippen LogP contribution in [0.1, 0.15) is 13.3 Å². The molecule has 0 spiro atoms. The van der Waals surface area contributed by atoms with Crippen LogP contribution in [0.2, 0.25) is 0 Å². The third kappa shape index (κ3) is 3.26. The lowest BCUT2D eigenvalue weighted by atomic mass is 10.0. The van der Waals surface area contributed by atoms with E-state index in [9.17, 15) is 4.79 Å². The van der Waals surface area contributed by atoms with Crippen molar-refractivity contribution in [3.63, 3.8) is 0 Å². The van der Waals surface area contributed by atoms with Crippen LogP contribution in [0.3, 0.4) is 0 Å². The van der Waals surface area contributed by atoms with Crippen molar-refractivity contribution in [2.24, 2.45) is 0 Å². The van der Waals surface area contributed by atoms with E-state index in [2.05, 4.69) is 35.9 Å². The summed E-state index contributed by atoms with van der Waals surface area (Å²) in [6.07, 6.45) is 0.433. The van der Waals surface area contributed by atoms with Crippen LogP contribution in [-0.4, -0.2) is 50.2 Å². The van der Waals surface area contributed by atoms with Gasteiger partial charge in [-0.3, -0.25) is 9.69 Å². The molecule has 4 nitrogen and oxygen atoms in total. The first-order valence-corrected chi connectivity index (χ1v) is 6.70. The first kappa shape index (κ1) is 13.9. The molecule has 1 heterocycles. The van der Waals surface area contributed by atoms with Gasteiger partial charge in [0, 0.05) is 24.8 Å². The van der Waals surface area contributed by atoms with Gasteiger partial charge in [0.1, 0.15) is 0 Å². The highest BCUT2D eigenvalue weighted by Crippen LogP contribution is 2.24. The molecule has 1 aromatic carbocycles. The fourth-order valence-electron chi connectivity index (χ4n) is 2.57. The normalized spacial score (nSPS) is 24.3. The number of carbonyl (C=O) groups excluding carboxylic acids is 1. The minimum Gasteiger partial charge on any atom is -0.469 e. The highest BCUT2D eigenvalue weighted by molar-refractivity contribution is 5.71. The van der Waals surface area contributed by atoms with Crippen LogP contribution >= 0.6 is 0 Å². The fourth-order valence-corrected chi connectivity index (χ4v) is 2.57. The summed E-state index contributed by atoms with van der Waals surface area (Å²) in [5.74, 6) is -0.145. The Morgan fingerprint density at radius 2 is 2.00 bits per heavy atom. The minimum atomic E-state index is -0.145. The van der Waals surface area contributed by atoms with Gasteiger partial charge in [0.25, 0.3) is 0 Å². The highest BCUT2D eigenvalue weighted by atomic mass is 16.5. The molecule has 0 amide bonds. The van der Waals surface area contributed by atoms with Gasteiger partial charge in [-0.2, -0.15) is 0 Å². The van der Waals surface area contributed by atoms with Gasteiger partial charge < -0.3 is 9.64 Å². The monoisotopic (exact) mass is 262 g/mol. The molecule has 2 atom stereocenters. The quantitative estimate of drug-likeness (QED) is 0.777. The smallest absolute Gasteiger partial charge is 0.307 e. The zero-order chi connectivity index (χ0) is 13.8. The van der Waals surface area contributed by atoms with Gasteiger partial charge in [-0.15, -0.1) is 0 Å². The Kier molecular flexibility index (Phi) is 4.43. The number of ether oxygens (including phenoxy) is 1. The Hall–Kier alpha value is -1.55. The molecule has 104 valence electrons. The molecule has 1 aromatic rings. The average molecular weight is 262 g/mol. The largest absolute Gasteiger partial charge is 0.469 e. The molecule has 1 aliphatic rings. The predicted octanol–water partition coefficient (Wildman–Crippen LogP) is 1.76. The zero-order valence-corrected chi connectivity index (χ0v) is 11.9. The molecular weight excluding hydrogens is 240 g/mol. The molecular formula is C15H22N2O2.